The zero-order valence-corrected chi connectivity index (χ0v) is 11.7. The summed E-state index contributed by atoms with van der Waals surface area (Å²) in [5.41, 5.74) is 1.04. The number of unbranched alkanes of at least 4 members (excludes halogenated alkanes) is 1. The number of hydrogen-bond donors (Lipinski definition) is 2. The molecule has 0 saturated carbocycles. The zero-order chi connectivity index (χ0) is 14.8. The first-order valence-corrected chi connectivity index (χ1v) is 6.83. The van der Waals surface area contributed by atoms with Gasteiger partial charge in [0.05, 0.1) is 6.61 Å². The van der Waals surface area contributed by atoms with E-state index in [1.807, 2.05) is 37.3 Å². The van der Waals surface area contributed by atoms with Crippen LogP contribution in [-0.4, -0.2) is 29.8 Å². The summed E-state index contributed by atoms with van der Waals surface area (Å²) in [7, 11) is 0. The molecule has 0 bridgehead atoms. The van der Waals surface area contributed by atoms with Crippen molar-refractivity contribution < 1.29 is 19.4 Å². The van der Waals surface area contributed by atoms with Crippen LogP contribution in [0.1, 0.15) is 31.7 Å². The SMILES string of the molecule is CCCCOC(=O)N[C@@H](CCc1ccccc1)C(=O)O. The third-order valence-electron chi connectivity index (χ3n) is 2.89. The predicted molar refractivity (Wildman–Crippen MR) is 75.6 cm³/mol. The first kappa shape index (κ1) is 16.0. The van der Waals surface area contributed by atoms with Crippen LogP contribution in [0.4, 0.5) is 4.79 Å². The van der Waals surface area contributed by atoms with Gasteiger partial charge in [0.25, 0.3) is 0 Å². The molecule has 0 aliphatic rings. The van der Waals surface area contributed by atoms with Crippen LogP contribution in [-0.2, 0) is 16.0 Å². The van der Waals surface area contributed by atoms with Gasteiger partial charge in [-0.2, -0.15) is 0 Å². The predicted octanol–water partition coefficient (Wildman–Crippen LogP) is 2.60. The first-order chi connectivity index (χ1) is 9.63. The van der Waals surface area contributed by atoms with E-state index in [2.05, 4.69) is 5.32 Å². The second-order valence-corrected chi connectivity index (χ2v) is 4.55. The molecule has 5 nitrogen and oxygen atoms in total. The van der Waals surface area contributed by atoms with Gasteiger partial charge in [-0.1, -0.05) is 43.7 Å². The Kier molecular flexibility index (Phi) is 7.17. The molecule has 0 saturated heterocycles. The van der Waals surface area contributed by atoms with E-state index in [1.165, 1.54) is 0 Å². The average molecular weight is 279 g/mol. The molecule has 110 valence electrons. The van der Waals surface area contributed by atoms with E-state index in [1.54, 1.807) is 0 Å². The molecule has 2 N–H and O–H groups in total. The average Bonchev–Trinajstić information content (AvgIpc) is 2.44. The highest BCUT2D eigenvalue weighted by atomic mass is 16.5. The van der Waals surface area contributed by atoms with Crippen LogP contribution in [0.3, 0.4) is 0 Å². The van der Waals surface area contributed by atoms with Crippen molar-refractivity contribution >= 4 is 12.1 Å². The molecular weight excluding hydrogens is 258 g/mol. The van der Waals surface area contributed by atoms with Gasteiger partial charge < -0.3 is 15.2 Å². The number of carboxylic acid groups (broad SMARTS) is 1. The number of nitrogens with one attached hydrogen (secondary N) is 1. The minimum Gasteiger partial charge on any atom is -0.480 e. The number of ether oxygens (including phenoxy) is 1. The number of amides is 1. The lowest BCUT2D eigenvalue weighted by Crippen LogP contribution is -2.41. The smallest absolute Gasteiger partial charge is 0.407 e. The van der Waals surface area contributed by atoms with E-state index in [-0.39, 0.29) is 0 Å². The largest absolute Gasteiger partial charge is 0.480 e. The highest BCUT2D eigenvalue weighted by Crippen LogP contribution is 2.05. The number of carboxylic acids is 1. The minimum atomic E-state index is -1.05. The molecule has 0 aromatic heterocycles. The molecule has 5 heteroatoms. The zero-order valence-electron chi connectivity index (χ0n) is 11.7. The van der Waals surface area contributed by atoms with Gasteiger partial charge >= 0.3 is 12.1 Å². The van der Waals surface area contributed by atoms with Gasteiger partial charge in [-0.05, 0) is 24.8 Å². The number of hydrogen-bond acceptors (Lipinski definition) is 3. The molecule has 0 radical (unpaired) electrons. The molecule has 0 heterocycles. The van der Waals surface area contributed by atoms with E-state index in [9.17, 15) is 9.59 Å². The van der Waals surface area contributed by atoms with Crippen molar-refractivity contribution in [2.45, 2.75) is 38.6 Å². The molecule has 1 rings (SSSR count). The van der Waals surface area contributed by atoms with Gasteiger partial charge in [-0.15, -0.1) is 0 Å². The Morgan fingerprint density at radius 3 is 2.60 bits per heavy atom. The highest BCUT2D eigenvalue weighted by molar-refractivity contribution is 5.79. The molecule has 1 amide bonds. The van der Waals surface area contributed by atoms with Crippen molar-refractivity contribution in [3.63, 3.8) is 0 Å². The second kappa shape index (κ2) is 8.96. The lowest BCUT2D eigenvalue weighted by atomic mass is 10.1. The first-order valence-electron chi connectivity index (χ1n) is 6.83. The summed E-state index contributed by atoms with van der Waals surface area (Å²) in [6.45, 7) is 2.30. The number of benzene rings is 1. The van der Waals surface area contributed by atoms with Crippen molar-refractivity contribution in [3.05, 3.63) is 35.9 Å². The van der Waals surface area contributed by atoms with Gasteiger partial charge in [-0.25, -0.2) is 9.59 Å². The molecule has 0 fully saturated rings. The molecule has 0 spiro atoms. The molecule has 20 heavy (non-hydrogen) atoms. The van der Waals surface area contributed by atoms with E-state index in [4.69, 9.17) is 9.84 Å². The van der Waals surface area contributed by atoms with Crippen molar-refractivity contribution in [1.29, 1.82) is 0 Å². The molecule has 0 aliphatic heterocycles. The van der Waals surface area contributed by atoms with Crippen molar-refractivity contribution in [1.82, 2.24) is 5.32 Å². The van der Waals surface area contributed by atoms with Crippen LogP contribution >= 0.6 is 0 Å². The van der Waals surface area contributed by atoms with Gasteiger partial charge in [-0.3, -0.25) is 0 Å². The highest BCUT2D eigenvalue weighted by Gasteiger charge is 2.20. The maximum Gasteiger partial charge on any atom is 0.407 e. The van der Waals surface area contributed by atoms with Crippen molar-refractivity contribution in [2.75, 3.05) is 6.61 Å². The van der Waals surface area contributed by atoms with Crippen LogP contribution in [0.25, 0.3) is 0 Å². The maximum absolute atomic E-state index is 11.4. The number of carbonyl (C=O) groups is 2. The lowest BCUT2D eigenvalue weighted by Gasteiger charge is -2.14. The summed E-state index contributed by atoms with van der Waals surface area (Å²) in [6, 6.07) is 8.64. The van der Waals surface area contributed by atoms with Gasteiger partial charge in [0.15, 0.2) is 0 Å². The number of aryl methyl sites for hydroxylation is 1. The van der Waals surface area contributed by atoms with E-state index in [0.717, 1.165) is 18.4 Å². The molecule has 0 aliphatic carbocycles. The fourth-order valence-electron chi connectivity index (χ4n) is 1.71. The van der Waals surface area contributed by atoms with Gasteiger partial charge in [0.1, 0.15) is 6.04 Å². The Morgan fingerprint density at radius 1 is 1.30 bits per heavy atom. The molecule has 1 aromatic carbocycles. The fourth-order valence-corrected chi connectivity index (χ4v) is 1.71. The maximum atomic E-state index is 11.4. The fraction of sp³-hybridized carbons (Fsp3) is 0.467. The molecule has 1 atom stereocenters. The third kappa shape index (κ3) is 6.22. The number of alkyl carbamates (subject to hydrolysis) is 1. The summed E-state index contributed by atoms with van der Waals surface area (Å²) in [4.78, 5) is 22.6. The minimum absolute atomic E-state index is 0.313. The van der Waals surface area contributed by atoms with Gasteiger partial charge in [0, 0.05) is 0 Å². The van der Waals surface area contributed by atoms with Crippen LogP contribution < -0.4 is 5.32 Å². The summed E-state index contributed by atoms with van der Waals surface area (Å²) < 4.78 is 4.90. The summed E-state index contributed by atoms with van der Waals surface area (Å²) >= 11 is 0. The molecule has 0 unspecified atom stereocenters. The standard InChI is InChI=1S/C15H21NO4/c1-2-3-11-20-15(19)16-13(14(17)18)10-9-12-7-5-4-6-8-12/h4-8,13H,2-3,9-11H2,1H3,(H,16,19)(H,17,18)/t13-/m0/s1. The Bertz CT molecular complexity index is 419. The number of carbonyl (C=O) groups excluding carboxylic acids is 1. The lowest BCUT2D eigenvalue weighted by molar-refractivity contribution is -0.139. The molecular formula is C15H21NO4. The van der Waals surface area contributed by atoms with Crippen LogP contribution in [0.5, 0.6) is 0 Å². The van der Waals surface area contributed by atoms with E-state index in [0.29, 0.717) is 19.4 Å². The van der Waals surface area contributed by atoms with Crippen LogP contribution in [0.15, 0.2) is 30.3 Å². The third-order valence-corrected chi connectivity index (χ3v) is 2.89. The van der Waals surface area contributed by atoms with Gasteiger partial charge in [0.2, 0.25) is 0 Å². The topological polar surface area (TPSA) is 75.6 Å². The van der Waals surface area contributed by atoms with E-state index >= 15 is 0 Å². The van der Waals surface area contributed by atoms with Crippen LogP contribution in [0, 0.1) is 0 Å². The monoisotopic (exact) mass is 279 g/mol. The molecule has 1 aromatic rings. The summed E-state index contributed by atoms with van der Waals surface area (Å²) in [6.07, 6.45) is 1.95. The number of rotatable bonds is 8. The quantitative estimate of drug-likeness (QED) is 0.717. The van der Waals surface area contributed by atoms with E-state index < -0.39 is 18.1 Å². The normalized spacial score (nSPS) is 11.7. The Morgan fingerprint density at radius 2 is 2.00 bits per heavy atom. The Hall–Kier alpha value is -2.04. The second-order valence-electron chi connectivity index (χ2n) is 4.55. The Labute approximate surface area is 118 Å². The van der Waals surface area contributed by atoms with Crippen molar-refractivity contribution in [3.8, 4) is 0 Å². The van der Waals surface area contributed by atoms with Crippen molar-refractivity contribution in [2.24, 2.45) is 0 Å². The summed E-state index contributed by atoms with van der Waals surface area (Å²) in [5, 5.41) is 11.5. The summed E-state index contributed by atoms with van der Waals surface area (Å²) in [5.74, 6) is -1.05. The van der Waals surface area contributed by atoms with Crippen LogP contribution in [0.2, 0.25) is 0 Å². The number of aliphatic carboxylic acids is 1. The Balaban J connectivity index is 2.40.